The van der Waals surface area contributed by atoms with Crippen molar-refractivity contribution in [2.45, 2.75) is 74.8 Å². The van der Waals surface area contributed by atoms with E-state index in [0.29, 0.717) is 36.1 Å². The van der Waals surface area contributed by atoms with Gasteiger partial charge >= 0.3 is 0 Å². The van der Waals surface area contributed by atoms with E-state index in [1.807, 2.05) is 0 Å². The van der Waals surface area contributed by atoms with Crippen molar-refractivity contribution >= 4 is 0 Å². The van der Waals surface area contributed by atoms with Gasteiger partial charge < -0.3 is 20.1 Å². The highest BCUT2D eigenvalue weighted by molar-refractivity contribution is 5.02. The van der Waals surface area contributed by atoms with Crippen LogP contribution in [0.2, 0.25) is 0 Å². The molecule has 6 atom stereocenters. The first-order valence-electron chi connectivity index (χ1n) is 10.5. The van der Waals surface area contributed by atoms with E-state index in [1.54, 1.807) is 0 Å². The minimum absolute atomic E-state index is 0.120. The largest absolute Gasteiger partial charge is 0.378 e. The van der Waals surface area contributed by atoms with E-state index in [9.17, 15) is 0 Å². The Bertz CT molecular complexity index is 472. The molecule has 6 nitrogen and oxygen atoms in total. The molecule has 2 saturated carbocycles. The highest BCUT2D eigenvalue weighted by Crippen LogP contribution is 2.42. The number of rotatable bonds is 0. The Balaban J connectivity index is 1.32. The zero-order chi connectivity index (χ0) is 16.7. The van der Waals surface area contributed by atoms with Crippen LogP contribution in [-0.2, 0) is 9.47 Å². The monoisotopic (exact) mass is 350 g/mol. The van der Waals surface area contributed by atoms with E-state index < -0.39 is 0 Å². The van der Waals surface area contributed by atoms with Crippen LogP contribution < -0.4 is 21.5 Å². The molecule has 4 bridgehead atoms. The maximum absolute atomic E-state index is 6.60. The fraction of sp³-hybridized carbons (Fsp3) is 1.00. The number of nitrogens with one attached hydrogen (secondary N) is 4. The van der Waals surface area contributed by atoms with Crippen LogP contribution in [-0.4, -0.2) is 62.7 Å². The molecule has 6 heteroatoms. The summed E-state index contributed by atoms with van der Waals surface area (Å²) in [5, 5.41) is 7.27. The first-order chi connectivity index (χ1) is 12.3. The fourth-order valence-corrected chi connectivity index (χ4v) is 5.56. The van der Waals surface area contributed by atoms with Gasteiger partial charge in [-0.2, -0.15) is 0 Å². The molecular formula is C19H34N4O2. The highest BCUT2D eigenvalue weighted by atomic mass is 16.5. The summed E-state index contributed by atoms with van der Waals surface area (Å²) in [6, 6.07) is 1.17. The molecular weight excluding hydrogens is 316 g/mol. The summed E-state index contributed by atoms with van der Waals surface area (Å²) in [5.41, 5.74) is 7.37. The Kier molecular flexibility index (Phi) is 4.77. The lowest BCUT2D eigenvalue weighted by Crippen LogP contribution is -2.51. The summed E-state index contributed by atoms with van der Waals surface area (Å²) in [6.45, 7) is 5.06. The Hall–Kier alpha value is -0.240. The van der Waals surface area contributed by atoms with Gasteiger partial charge in [-0.1, -0.05) is 0 Å². The van der Waals surface area contributed by atoms with E-state index in [4.69, 9.17) is 9.47 Å². The van der Waals surface area contributed by atoms with E-state index in [-0.39, 0.29) is 5.60 Å². The van der Waals surface area contributed by atoms with Gasteiger partial charge in [0.25, 0.3) is 0 Å². The van der Waals surface area contributed by atoms with Gasteiger partial charge in [0.2, 0.25) is 0 Å². The lowest BCUT2D eigenvalue weighted by Gasteiger charge is -2.39. The van der Waals surface area contributed by atoms with Gasteiger partial charge in [0.05, 0.1) is 17.8 Å². The number of hydrogen-bond acceptors (Lipinski definition) is 6. The Labute approximate surface area is 151 Å². The Morgan fingerprint density at radius 1 is 0.920 bits per heavy atom. The van der Waals surface area contributed by atoms with Gasteiger partial charge in [-0.05, 0) is 69.9 Å². The SMILES string of the molecule is C1CNCC2(CC2)OC2CNCC(C2)C2NNC3CCC(CC32)OC1. The quantitative estimate of drug-likeness (QED) is 0.511. The van der Waals surface area contributed by atoms with E-state index in [2.05, 4.69) is 21.5 Å². The molecule has 6 unspecified atom stereocenters. The second-order valence-corrected chi connectivity index (χ2v) is 9.00. The molecule has 5 aliphatic rings. The van der Waals surface area contributed by atoms with Gasteiger partial charge in [-0.3, -0.25) is 10.9 Å². The summed E-state index contributed by atoms with van der Waals surface area (Å²) in [4.78, 5) is 0. The molecule has 2 aliphatic carbocycles. The summed E-state index contributed by atoms with van der Waals surface area (Å²) in [7, 11) is 0. The van der Waals surface area contributed by atoms with Gasteiger partial charge in [-0.15, -0.1) is 0 Å². The Morgan fingerprint density at radius 2 is 1.88 bits per heavy atom. The second-order valence-electron chi connectivity index (χ2n) is 9.00. The van der Waals surface area contributed by atoms with Crippen LogP contribution in [0.5, 0.6) is 0 Å². The molecule has 3 heterocycles. The highest BCUT2D eigenvalue weighted by Gasteiger charge is 2.48. The maximum Gasteiger partial charge on any atom is 0.0812 e. The van der Waals surface area contributed by atoms with Crippen LogP contribution in [0.25, 0.3) is 0 Å². The van der Waals surface area contributed by atoms with Crippen LogP contribution in [0, 0.1) is 11.8 Å². The van der Waals surface area contributed by atoms with Crippen molar-refractivity contribution in [3.63, 3.8) is 0 Å². The van der Waals surface area contributed by atoms with Crippen molar-refractivity contribution < 1.29 is 9.47 Å². The number of hydrogen-bond donors (Lipinski definition) is 4. The summed E-state index contributed by atoms with van der Waals surface area (Å²) in [5.74, 6) is 1.34. The standard InChI is InChI=1S/C19H34N4O2/c1-6-20-12-19(4-5-19)25-15-8-13(10-21-11-15)18-16-9-14(24-7-1)2-3-17(16)22-23-18/h13-18,20-23H,1-12H2. The molecule has 0 aromatic rings. The molecule has 3 aliphatic heterocycles. The average molecular weight is 351 g/mol. The second kappa shape index (κ2) is 7.06. The normalized spacial score (nSPS) is 47.0. The number of piperidine rings is 1. The predicted molar refractivity (Wildman–Crippen MR) is 96.2 cm³/mol. The third kappa shape index (κ3) is 3.62. The van der Waals surface area contributed by atoms with Crippen molar-refractivity contribution in [3.05, 3.63) is 0 Å². The zero-order valence-corrected chi connectivity index (χ0v) is 15.3. The first kappa shape index (κ1) is 16.9. The fourth-order valence-electron chi connectivity index (χ4n) is 5.56. The molecule has 0 amide bonds. The lowest BCUT2D eigenvalue weighted by molar-refractivity contribution is -0.0523. The minimum Gasteiger partial charge on any atom is -0.378 e. The van der Waals surface area contributed by atoms with Crippen LogP contribution in [0.1, 0.15) is 44.9 Å². The molecule has 5 rings (SSSR count). The number of fused-ring (bicyclic) bond motifs is 4. The summed E-state index contributed by atoms with van der Waals surface area (Å²) < 4.78 is 12.8. The maximum atomic E-state index is 6.60. The molecule has 4 N–H and O–H groups in total. The summed E-state index contributed by atoms with van der Waals surface area (Å²) >= 11 is 0. The van der Waals surface area contributed by atoms with Crippen molar-refractivity contribution in [1.82, 2.24) is 21.5 Å². The first-order valence-corrected chi connectivity index (χ1v) is 10.5. The molecule has 1 spiro atoms. The van der Waals surface area contributed by atoms with E-state index in [1.165, 1.54) is 38.5 Å². The van der Waals surface area contributed by atoms with Crippen molar-refractivity contribution in [3.8, 4) is 0 Å². The van der Waals surface area contributed by atoms with Crippen LogP contribution >= 0.6 is 0 Å². The Morgan fingerprint density at radius 3 is 2.80 bits per heavy atom. The van der Waals surface area contributed by atoms with E-state index in [0.717, 1.165) is 39.2 Å². The van der Waals surface area contributed by atoms with Crippen LogP contribution in [0.15, 0.2) is 0 Å². The molecule has 5 fully saturated rings. The van der Waals surface area contributed by atoms with Gasteiger partial charge in [0.1, 0.15) is 0 Å². The van der Waals surface area contributed by atoms with Crippen molar-refractivity contribution in [2.75, 3.05) is 32.8 Å². The average Bonchev–Trinajstić information content (AvgIpc) is 3.25. The third-order valence-electron chi connectivity index (χ3n) is 7.12. The van der Waals surface area contributed by atoms with Gasteiger partial charge in [0, 0.05) is 31.8 Å². The lowest BCUT2D eigenvalue weighted by atomic mass is 9.74. The summed E-state index contributed by atoms with van der Waals surface area (Å²) in [6.07, 6.45) is 9.18. The third-order valence-corrected chi connectivity index (χ3v) is 7.12. The zero-order valence-electron chi connectivity index (χ0n) is 15.3. The molecule has 0 aromatic carbocycles. The van der Waals surface area contributed by atoms with Crippen molar-refractivity contribution in [2.24, 2.45) is 11.8 Å². The van der Waals surface area contributed by atoms with Gasteiger partial charge in [-0.25, -0.2) is 0 Å². The minimum atomic E-state index is 0.120. The molecule has 0 radical (unpaired) electrons. The van der Waals surface area contributed by atoms with Crippen LogP contribution in [0.4, 0.5) is 0 Å². The van der Waals surface area contributed by atoms with Gasteiger partial charge in [0.15, 0.2) is 0 Å². The number of ether oxygens (including phenoxy) is 2. The molecule has 0 aromatic heterocycles. The predicted octanol–water partition coefficient (Wildman–Crippen LogP) is 0.537. The molecule has 142 valence electrons. The molecule has 25 heavy (non-hydrogen) atoms. The smallest absolute Gasteiger partial charge is 0.0812 e. The molecule has 3 saturated heterocycles. The topological polar surface area (TPSA) is 66.6 Å². The van der Waals surface area contributed by atoms with Crippen LogP contribution in [0.3, 0.4) is 0 Å². The number of hydrazine groups is 1. The van der Waals surface area contributed by atoms with E-state index >= 15 is 0 Å². The van der Waals surface area contributed by atoms with Crippen molar-refractivity contribution in [1.29, 1.82) is 0 Å².